The van der Waals surface area contributed by atoms with E-state index in [1.807, 2.05) is 0 Å². The highest BCUT2D eigenvalue weighted by Gasteiger charge is 2.41. The van der Waals surface area contributed by atoms with Gasteiger partial charge in [0.05, 0.1) is 0 Å². The molecule has 0 saturated heterocycles. The number of rotatable bonds is 4. The van der Waals surface area contributed by atoms with Crippen LogP contribution in [0.4, 0.5) is 0 Å². The molecule has 0 fully saturated rings. The Morgan fingerprint density at radius 1 is 0.244 bits per heavy atom. The molecule has 7 rings (SSSR count). The summed E-state index contributed by atoms with van der Waals surface area (Å²) < 4.78 is 17.8. The van der Waals surface area contributed by atoms with Gasteiger partial charge in [0.2, 0.25) is 0 Å². The highest BCUT2D eigenvalue weighted by molar-refractivity contribution is 7.45. The third-order valence-electron chi connectivity index (χ3n) is 14.8. The molecule has 0 amide bonds. The van der Waals surface area contributed by atoms with Crippen LogP contribution in [0.1, 0.15) is 211 Å². The second kappa shape index (κ2) is 21.5. The van der Waals surface area contributed by atoms with Gasteiger partial charge < -0.3 is 29.4 Å². The number of fused-ring (bicyclic) bond motifs is 4. The maximum Gasteiger partial charge on any atom is 0.466 e. The number of hydrogen-bond donors (Lipinski definition) is 6. The number of benzene rings is 6. The van der Waals surface area contributed by atoms with Gasteiger partial charge in [0.15, 0.2) is 0 Å². The van der Waals surface area contributed by atoms with Crippen molar-refractivity contribution in [1.29, 1.82) is 0 Å². The van der Waals surface area contributed by atoms with Crippen LogP contribution in [0.5, 0.6) is 0 Å². The van der Waals surface area contributed by atoms with E-state index < -0.39 is 15.6 Å². The van der Waals surface area contributed by atoms with Gasteiger partial charge in [-0.1, -0.05) is 263 Å². The molecule has 8 nitrogen and oxygen atoms in total. The molecule has 0 aliphatic heterocycles. The van der Waals surface area contributed by atoms with Gasteiger partial charge in [-0.25, -0.2) is 9.13 Å². The third kappa shape index (κ3) is 14.9. The maximum absolute atomic E-state index is 8.88. The predicted octanol–water partition coefficient (Wildman–Crippen LogP) is 18.5. The first-order valence-electron chi connectivity index (χ1n) is 27.3. The first-order valence-corrected chi connectivity index (χ1v) is 30.5. The summed E-state index contributed by atoms with van der Waals surface area (Å²) in [4.78, 5) is 43.1. The predicted molar refractivity (Wildman–Crippen MR) is 331 cm³/mol. The average molecular weight is 1100 g/mol. The van der Waals surface area contributed by atoms with Gasteiger partial charge in [0.25, 0.3) is 0 Å². The van der Waals surface area contributed by atoms with Crippen molar-refractivity contribution >= 4 is 15.6 Å². The largest absolute Gasteiger partial charge is 0.466 e. The Labute approximate surface area is 469 Å². The normalized spacial score (nSPS) is 13.6. The minimum Gasteiger partial charge on any atom is -0.303 e. The van der Waals surface area contributed by atoms with Crippen molar-refractivity contribution < 1.29 is 38.5 Å². The molecular weight excluding hydrogens is 1010 g/mol. The van der Waals surface area contributed by atoms with Crippen LogP contribution in [0.2, 0.25) is 0 Å². The Hall–Kier alpha value is -4.46. The molecule has 6 N–H and O–H groups in total. The van der Waals surface area contributed by atoms with Crippen molar-refractivity contribution in [3.63, 3.8) is 0 Å². The molecule has 0 aromatic heterocycles. The van der Waals surface area contributed by atoms with Crippen molar-refractivity contribution in [3.05, 3.63) is 142 Å². The Morgan fingerprint density at radius 2 is 0.397 bits per heavy atom. The second-order valence-corrected chi connectivity index (χ2v) is 31.9. The van der Waals surface area contributed by atoms with Crippen LogP contribution in [0.25, 0.3) is 66.8 Å². The molecule has 0 spiro atoms. The molecule has 1 aliphatic carbocycles. The fourth-order valence-corrected chi connectivity index (χ4v) is 10.6. The van der Waals surface area contributed by atoms with Crippen LogP contribution in [0.15, 0.2) is 97.1 Å². The molecule has 424 valence electrons. The van der Waals surface area contributed by atoms with E-state index in [4.69, 9.17) is 38.5 Å². The highest BCUT2D eigenvalue weighted by Crippen LogP contribution is 2.65. The number of hydrogen-bond acceptors (Lipinski definition) is 2. The van der Waals surface area contributed by atoms with Crippen LogP contribution in [-0.4, -0.2) is 29.4 Å². The lowest BCUT2D eigenvalue weighted by atomic mass is 9.63. The summed E-state index contributed by atoms with van der Waals surface area (Å²) in [5, 5.41) is 0. The van der Waals surface area contributed by atoms with Gasteiger partial charge in [-0.3, -0.25) is 0 Å². The second-order valence-electron chi connectivity index (χ2n) is 29.9. The first-order chi connectivity index (χ1) is 34.8. The molecule has 0 radical (unpaired) electrons. The van der Waals surface area contributed by atoms with Crippen LogP contribution in [-0.2, 0) is 52.5 Å². The summed E-state index contributed by atoms with van der Waals surface area (Å²) in [5.74, 6) is 0. The van der Waals surface area contributed by atoms with Crippen molar-refractivity contribution in [2.24, 2.45) is 0 Å². The van der Waals surface area contributed by atoms with Crippen LogP contribution in [0, 0.1) is 0 Å². The fraction of sp³-hybridized carbons (Fsp3) is 0.471. The molecule has 6 aromatic carbocycles. The smallest absolute Gasteiger partial charge is 0.303 e. The van der Waals surface area contributed by atoms with Gasteiger partial charge in [-0.15, -0.1) is 0 Å². The first kappa shape index (κ1) is 64.4. The molecule has 10 heteroatoms. The average Bonchev–Trinajstić information content (AvgIpc) is 3.23. The van der Waals surface area contributed by atoms with Gasteiger partial charge in [-0.2, -0.15) is 0 Å². The summed E-state index contributed by atoms with van der Waals surface area (Å²) in [6, 6.07) is 39.4. The van der Waals surface area contributed by atoms with E-state index in [2.05, 4.69) is 263 Å². The summed E-state index contributed by atoms with van der Waals surface area (Å²) >= 11 is 0. The SMILES string of the molecule is CC(C)(C)c1ccc(-c2c3c(c(-c4ccc(C(C)(C)C)cc4C(C)(C)C)c(-c4ccc(C(C)(C)C)cc4C(C)(C)C)c2-c2ccc(C(C)(C)C)cc2C(C)(C)C)-c2ccccc2-3)c(C(C)(C)C)c1.O=P(O)(O)O.O=P(O)(O)O. The van der Waals surface area contributed by atoms with Crippen molar-refractivity contribution in [2.75, 3.05) is 0 Å². The molecule has 78 heavy (non-hydrogen) atoms. The Bertz CT molecular complexity index is 3070. The molecule has 0 heterocycles. The van der Waals surface area contributed by atoms with Gasteiger partial charge in [0, 0.05) is 0 Å². The Morgan fingerprint density at radius 3 is 0.538 bits per heavy atom. The van der Waals surface area contributed by atoms with Crippen molar-refractivity contribution in [3.8, 4) is 66.8 Å². The lowest BCUT2D eigenvalue weighted by Crippen LogP contribution is -2.21. The molecule has 0 saturated carbocycles. The van der Waals surface area contributed by atoms with E-state index in [1.54, 1.807) is 0 Å². The minimum absolute atomic E-state index is 0.00475. The van der Waals surface area contributed by atoms with Crippen LogP contribution >= 0.6 is 15.6 Å². The zero-order chi connectivity index (χ0) is 59.9. The van der Waals surface area contributed by atoms with Crippen molar-refractivity contribution in [1.82, 2.24) is 0 Å². The van der Waals surface area contributed by atoms with E-state index in [1.165, 1.54) is 111 Å². The van der Waals surface area contributed by atoms with Crippen LogP contribution in [0.3, 0.4) is 0 Å². The molecular formula is C68H94O8P2. The lowest BCUT2D eigenvalue weighted by Gasteiger charge is -2.40. The summed E-state index contributed by atoms with van der Waals surface area (Å²) in [6.07, 6.45) is 0. The van der Waals surface area contributed by atoms with Crippen molar-refractivity contribution in [2.45, 2.75) is 209 Å². The summed E-state index contributed by atoms with van der Waals surface area (Å²) in [6.45, 7) is 57.4. The zero-order valence-electron chi connectivity index (χ0n) is 51.6. The lowest BCUT2D eigenvalue weighted by molar-refractivity contribution is 0.272. The van der Waals surface area contributed by atoms with E-state index in [0.717, 1.165) is 0 Å². The summed E-state index contributed by atoms with van der Waals surface area (Å²) in [7, 11) is -9.28. The number of phosphoric acid groups is 2. The Balaban J connectivity index is 0.00000103. The molecule has 0 bridgehead atoms. The Kier molecular flexibility index (Phi) is 17.7. The summed E-state index contributed by atoms with van der Waals surface area (Å²) in [5.41, 5.74) is 26.6. The van der Waals surface area contributed by atoms with E-state index >= 15 is 0 Å². The molecule has 6 aromatic rings. The molecule has 1 aliphatic rings. The third-order valence-corrected chi connectivity index (χ3v) is 14.8. The monoisotopic (exact) mass is 1100 g/mol. The van der Waals surface area contributed by atoms with E-state index in [9.17, 15) is 0 Å². The quantitative estimate of drug-likeness (QED) is 0.0952. The highest BCUT2D eigenvalue weighted by atomic mass is 31.2. The van der Waals surface area contributed by atoms with E-state index in [-0.39, 0.29) is 43.3 Å². The fourth-order valence-electron chi connectivity index (χ4n) is 10.6. The van der Waals surface area contributed by atoms with E-state index in [0.29, 0.717) is 0 Å². The van der Waals surface area contributed by atoms with Crippen LogP contribution < -0.4 is 0 Å². The standard InChI is InChI=1S/C68H88.2H3O4P/c1-61(2,3)41-29-33-47(51(37-41)65(13,14)15)57-55-45-27-25-26-28-46(45)56(55)58(48-34-30-42(62(4,5)6)38-52(48)66(16,17)18)60(50-36-32-44(64(10,11)12)40-54(50)68(22,23)24)59(57)49-35-31-43(63(7,8)9)39-53(49)67(19,20)21;2*1-5(2,3)4/h25-40H,1-24H3;2*(H3,1,2,3,4). The minimum atomic E-state index is -4.64. The topological polar surface area (TPSA) is 156 Å². The van der Waals surface area contributed by atoms with Gasteiger partial charge in [-0.05, 0) is 155 Å². The molecule has 0 atom stereocenters. The van der Waals surface area contributed by atoms with Gasteiger partial charge in [0.1, 0.15) is 0 Å². The molecule has 0 unspecified atom stereocenters. The zero-order valence-corrected chi connectivity index (χ0v) is 53.4. The van der Waals surface area contributed by atoms with Gasteiger partial charge >= 0.3 is 15.6 Å². The maximum atomic E-state index is 8.88.